The highest BCUT2D eigenvalue weighted by Crippen LogP contribution is 2.37. The summed E-state index contributed by atoms with van der Waals surface area (Å²) in [5.74, 6) is -0.703. The van der Waals surface area contributed by atoms with E-state index in [1.54, 1.807) is 31.3 Å². The smallest absolute Gasteiger partial charge is 0.256 e. The van der Waals surface area contributed by atoms with Crippen LogP contribution in [-0.4, -0.2) is 26.6 Å². The number of aliphatic hydroxyl groups is 1. The van der Waals surface area contributed by atoms with Gasteiger partial charge in [0.1, 0.15) is 11.5 Å². The number of nitrogens with one attached hydrogen (secondary N) is 1. The second kappa shape index (κ2) is 8.95. The fraction of sp³-hybridized carbons (Fsp3) is 0.136. The van der Waals surface area contributed by atoms with Crippen LogP contribution < -0.4 is 5.32 Å². The summed E-state index contributed by atoms with van der Waals surface area (Å²) in [6, 6.07) is 18.0. The van der Waals surface area contributed by atoms with E-state index in [1.165, 1.54) is 18.5 Å². The molecule has 8 heteroatoms. The van der Waals surface area contributed by atoms with Crippen molar-refractivity contribution >= 4 is 23.2 Å². The highest BCUT2D eigenvalue weighted by atomic mass is 16.3. The van der Waals surface area contributed by atoms with Crippen molar-refractivity contribution in [1.82, 2.24) is 9.78 Å². The number of Topliss-reactive ketones (excluding diaryl/α,β-unsaturated/α-hetero) is 1. The summed E-state index contributed by atoms with van der Waals surface area (Å²) in [7, 11) is 1.67. The number of amides is 1. The van der Waals surface area contributed by atoms with Gasteiger partial charge in [-0.2, -0.15) is 5.10 Å². The number of carbonyl (C=O) groups is 2. The summed E-state index contributed by atoms with van der Waals surface area (Å²) >= 11 is 0. The Morgan fingerprint density at radius 3 is 2.17 bits per heavy atom. The number of rotatable bonds is 6. The largest absolute Gasteiger partial charge is 0.510 e. The first kappa shape index (κ1) is 20.7. The third-order valence-electron chi connectivity index (χ3n) is 4.26. The van der Waals surface area contributed by atoms with Gasteiger partial charge < -0.3 is 10.4 Å². The first-order valence-electron chi connectivity index (χ1n) is 9.19. The van der Waals surface area contributed by atoms with Crippen molar-refractivity contribution in [3.05, 3.63) is 77.7 Å². The fourth-order valence-electron chi connectivity index (χ4n) is 2.80. The van der Waals surface area contributed by atoms with Gasteiger partial charge in [0.2, 0.25) is 0 Å². The van der Waals surface area contributed by atoms with Crippen molar-refractivity contribution < 1.29 is 14.7 Å². The number of aromatic nitrogens is 2. The quantitative estimate of drug-likeness (QED) is 0.350. The van der Waals surface area contributed by atoms with Crippen LogP contribution in [0.1, 0.15) is 24.2 Å². The molecule has 0 aliphatic heterocycles. The second-order valence-electron chi connectivity index (χ2n) is 6.55. The van der Waals surface area contributed by atoms with Gasteiger partial charge in [-0.3, -0.25) is 9.59 Å². The molecule has 2 N–H and O–H groups in total. The van der Waals surface area contributed by atoms with Crippen molar-refractivity contribution in [2.75, 3.05) is 5.32 Å². The molecule has 8 nitrogen and oxygen atoms in total. The zero-order valence-electron chi connectivity index (χ0n) is 16.8. The Bertz CT molecular complexity index is 1130. The molecule has 0 spiro atoms. The zero-order valence-corrected chi connectivity index (χ0v) is 16.8. The molecule has 3 rings (SSSR count). The Hall–Kier alpha value is -4.07. The van der Waals surface area contributed by atoms with Crippen LogP contribution in [0.2, 0.25) is 0 Å². The van der Waals surface area contributed by atoms with E-state index in [0.717, 1.165) is 5.56 Å². The number of aryl methyl sites for hydroxylation is 1. The molecule has 0 atom stereocenters. The molecule has 1 heterocycles. The molecule has 0 unspecified atom stereocenters. The van der Waals surface area contributed by atoms with Crippen molar-refractivity contribution in [3.8, 4) is 11.3 Å². The summed E-state index contributed by atoms with van der Waals surface area (Å²) in [5.41, 5.74) is 1.81. The molecule has 0 fully saturated rings. The van der Waals surface area contributed by atoms with E-state index in [1.807, 2.05) is 36.4 Å². The summed E-state index contributed by atoms with van der Waals surface area (Å²) < 4.78 is 1.49. The lowest BCUT2D eigenvalue weighted by molar-refractivity contribution is -0.113. The van der Waals surface area contributed by atoms with Crippen LogP contribution in [-0.2, 0) is 11.8 Å². The van der Waals surface area contributed by atoms with E-state index in [2.05, 4.69) is 20.6 Å². The van der Waals surface area contributed by atoms with Crippen LogP contribution in [0, 0.1) is 0 Å². The molecule has 2 aromatic carbocycles. The SMILES string of the molecule is CC(=O)/C(N=Nc1c(-c2ccccc2)nn(C)c1NC(=O)c1ccccc1)=C(/C)O. The highest BCUT2D eigenvalue weighted by Gasteiger charge is 2.21. The number of carbonyl (C=O) groups excluding carboxylic acids is 2. The number of ketones is 1. The number of anilines is 1. The molecule has 30 heavy (non-hydrogen) atoms. The Kier molecular flexibility index (Phi) is 6.17. The standard InChI is InChI=1S/C22H21N5O3/c1-14(28)18(15(2)29)24-25-20-19(16-10-6-4-7-11-16)26-27(3)21(20)23-22(30)17-12-8-5-9-13-17/h4-13,28H,1-3H3,(H,23,30)/b18-14+,25-24?. The van der Waals surface area contributed by atoms with Crippen LogP contribution in [0.15, 0.2) is 82.3 Å². The van der Waals surface area contributed by atoms with Crippen molar-refractivity contribution in [1.29, 1.82) is 0 Å². The van der Waals surface area contributed by atoms with Gasteiger partial charge in [-0.05, 0) is 19.1 Å². The van der Waals surface area contributed by atoms with Crippen molar-refractivity contribution in [2.24, 2.45) is 17.3 Å². The monoisotopic (exact) mass is 403 g/mol. The summed E-state index contributed by atoms with van der Waals surface area (Å²) in [6.45, 7) is 2.64. The maximum atomic E-state index is 12.7. The first-order valence-corrected chi connectivity index (χ1v) is 9.19. The summed E-state index contributed by atoms with van der Waals surface area (Å²) in [4.78, 5) is 24.4. The molecule has 1 aromatic heterocycles. The number of hydrogen-bond acceptors (Lipinski definition) is 6. The number of allylic oxidation sites excluding steroid dienone is 2. The highest BCUT2D eigenvalue weighted by molar-refractivity contribution is 6.06. The topological polar surface area (TPSA) is 109 Å². The van der Waals surface area contributed by atoms with Gasteiger partial charge >= 0.3 is 0 Å². The molecule has 0 aliphatic carbocycles. The number of hydrogen-bond donors (Lipinski definition) is 2. The fourth-order valence-corrected chi connectivity index (χ4v) is 2.80. The van der Waals surface area contributed by atoms with Gasteiger partial charge in [0, 0.05) is 25.1 Å². The van der Waals surface area contributed by atoms with E-state index in [4.69, 9.17) is 0 Å². The Morgan fingerprint density at radius 2 is 1.60 bits per heavy atom. The second-order valence-corrected chi connectivity index (χ2v) is 6.55. The maximum Gasteiger partial charge on any atom is 0.256 e. The Morgan fingerprint density at radius 1 is 1.00 bits per heavy atom. The lowest BCUT2D eigenvalue weighted by Gasteiger charge is -2.06. The van der Waals surface area contributed by atoms with E-state index < -0.39 is 5.78 Å². The average molecular weight is 403 g/mol. The molecule has 0 saturated heterocycles. The lowest BCUT2D eigenvalue weighted by atomic mass is 10.1. The normalized spacial score (nSPS) is 12.0. The molecule has 0 saturated carbocycles. The molecular weight excluding hydrogens is 382 g/mol. The van der Waals surface area contributed by atoms with Gasteiger partial charge in [0.25, 0.3) is 5.91 Å². The Labute approximate surface area is 173 Å². The maximum absolute atomic E-state index is 12.7. The predicted octanol–water partition coefficient (Wildman–Crippen LogP) is 4.80. The lowest BCUT2D eigenvalue weighted by Crippen LogP contribution is -2.14. The minimum Gasteiger partial charge on any atom is -0.510 e. The van der Waals surface area contributed by atoms with Gasteiger partial charge in [-0.15, -0.1) is 10.2 Å². The van der Waals surface area contributed by atoms with E-state index >= 15 is 0 Å². The van der Waals surface area contributed by atoms with Crippen LogP contribution in [0.4, 0.5) is 11.5 Å². The molecular formula is C22H21N5O3. The molecule has 0 bridgehead atoms. The van der Waals surface area contributed by atoms with Gasteiger partial charge in [0.05, 0.1) is 0 Å². The molecule has 0 aliphatic rings. The molecule has 152 valence electrons. The van der Waals surface area contributed by atoms with Gasteiger partial charge in [-0.25, -0.2) is 4.68 Å². The average Bonchev–Trinajstić information content (AvgIpc) is 3.04. The van der Waals surface area contributed by atoms with Gasteiger partial charge in [-0.1, -0.05) is 48.5 Å². The third-order valence-corrected chi connectivity index (χ3v) is 4.26. The van der Waals surface area contributed by atoms with Crippen molar-refractivity contribution in [3.63, 3.8) is 0 Å². The Balaban J connectivity index is 2.10. The number of aliphatic hydroxyl groups excluding tert-OH is 1. The van der Waals surface area contributed by atoms with Crippen LogP contribution in [0.5, 0.6) is 0 Å². The summed E-state index contributed by atoms with van der Waals surface area (Å²) in [5, 5.41) is 25.1. The van der Waals surface area contributed by atoms with Crippen LogP contribution in [0.3, 0.4) is 0 Å². The number of benzene rings is 2. The minimum atomic E-state index is -0.432. The molecule has 1 amide bonds. The van der Waals surface area contributed by atoms with Crippen molar-refractivity contribution in [2.45, 2.75) is 13.8 Å². The predicted molar refractivity (Wildman–Crippen MR) is 114 cm³/mol. The number of azo groups is 1. The summed E-state index contributed by atoms with van der Waals surface area (Å²) in [6.07, 6.45) is 0. The molecule has 0 radical (unpaired) electrons. The zero-order chi connectivity index (χ0) is 21.7. The first-order chi connectivity index (χ1) is 14.4. The minimum absolute atomic E-state index is 0.168. The van der Waals surface area contributed by atoms with Crippen LogP contribution in [0.25, 0.3) is 11.3 Å². The van der Waals surface area contributed by atoms with E-state index in [-0.39, 0.29) is 23.1 Å². The number of nitrogens with zero attached hydrogens (tertiary/aromatic N) is 4. The van der Waals surface area contributed by atoms with E-state index in [0.29, 0.717) is 17.1 Å². The van der Waals surface area contributed by atoms with E-state index in [9.17, 15) is 14.7 Å². The van der Waals surface area contributed by atoms with Crippen LogP contribution >= 0.6 is 0 Å². The molecule has 3 aromatic rings. The third kappa shape index (κ3) is 4.49. The van der Waals surface area contributed by atoms with Gasteiger partial charge in [0.15, 0.2) is 23.0 Å².